The third-order valence-electron chi connectivity index (χ3n) is 4.02. The first-order valence-electron chi connectivity index (χ1n) is 8.52. The molecule has 146 valence electrons. The van der Waals surface area contributed by atoms with Gasteiger partial charge in [-0.15, -0.1) is 0 Å². The maximum absolute atomic E-state index is 13.0. The van der Waals surface area contributed by atoms with Crippen molar-refractivity contribution in [2.75, 3.05) is 18.5 Å². The zero-order chi connectivity index (χ0) is 20.4. The fraction of sp³-hybridized carbons (Fsp3) is 0.350. The second-order valence-electron chi connectivity index (χ2n) is 7.35. The third-order valence-corrected chi connectivity index (χ3v) is 5.80. The highest BCUT2D eigenvalue weighted by Crippen LogP contribution is 2.27. The van der Waals surface area contributed by atoms with Crippen LogP contribution in [0.15, 0.2) is 47.4 Å². The van der Waals surface area contributed by atoms with Gasteiger partial charge in [0.05, 0.1) is 17.7 Å². The summed E-state index contributed by atoms with van der Waals surface area (Å²) in [5, 5.41) is 2.88. The molecule has 0 fully saturated rings. The second-order valence-corrected chi connectivity index (χ2v) is 9.32. The van der Waals surface area contributed by atoms with E-state index in [0.717, 1.165) is 5.56 Å². The Bertz CT molecular complexity index is 929. The Morgan fingerprint density at radius 1 is 1.07 bits per heavy atom. The fourth-order valence-corrected chi connectivity index (χ4v) is 3.79. The van der Waals surface area contributed by atoms with Crippen molar-refractivity contribution in [1.82, 2.24) is 5.32 Å². The van der Waals surface area contributed by atoms with Crippen molar-refractivity contribution in [3.05, 3.63) is 53.6 Å². The summed E-state index contributed by atoms with van der Waals surface area (Å²) in [6.07, 6.45) is 0. The number of carbonyl (C=O) groups excluding carboxylic acids is 1. The lowest BCUT2D eigenvalue weighted by Crippen LogP contribution is -2.40. The van der Waals surface area contributed by atoms with Crippen molar-refractivity contribution in [1.29, 1.82) is 0 Å². The summed E-state index contributed by atoms with van der Waals surface area (Å²) in [6.45, 7) is 7.47. The molecule has 0 saturated carbocycles. The van der Waals surface area contributed by atoms with Crippen LogP contribution in [0.4, 0.5) is 5.69 Å². The molecule has 2 aromatic rings. The first-order valence-corrected chi connectivity index (χ1v) is 9.96. The third kappa shape index (κ3) is 4.80. The number of aryl methyl sites for hydroxylation is 1. The van der Waals surface area contributed by atoms with Gasteiger partial charge in [0.15, 0.2) is 0 Å². The summed E-state index contributed by atoms with van der Waals surface area (Å²) in [4.78, 5) is 12.6. The Labute approximate surface area is 161 Å². The lowest BCUT2D eigenvalue weighted by atomic mass is 10.1. The zero-order valence-electron chi connectivity index (χ0n) is 16.5. The van der Waals surface area contributed by atoms with Crippen LogP contribution in [0.1, 0.15) is 36.7 Å². The highest BCUT2D eigenvalue weighted by atomic mass is 32.2. The molecule has 0 aromatic heterocycles. The van der Waals surface area contributed by atoms with Crippen LogP contribution in [0.5, 0.6) is 5.75 Å². The standard InChI is InChI=1S/C20H26N2O4S/c1-14-7-8-15(19(23)21-20(2,3)4)13-18(14)22(5)27(24,25)17-11-9-16(26-6)10-12-17/h7-13H,1-6H3,(H,21,23). The van der Waals surface area contributed by atoms with Crippen LogP contribution < -0.4 is 14.4 Å². The van der Waals surface area contributed by atoms with Crippen molar-refractivity contribution in [2.24, 2.45) is 0 Å². The van der Waals surface area contributed by atoms with Crippen molar-refractivity contribution in [3.63, 3.8) is 0 Å². The summed E-state index contributed by atoms with van der Waals surface area (Å²) in [5.74, 6) is 0.327. The van der Waals surface area contributed by atoms with Gasteiger partial charge in [0, 0.05) is 18.2 Å². The van der Waals surface area contributed by atoms with Gasteiger partial charge in [-0.05, 0) is 69.7 Å². The van der Waals surface area contributed by atoms with E-state index in [0.29, 0.717) is 17.0 Å². The van der Waals surface area contributed by atoms with Crippen molar-refractivity contribution in [3.8, 4) is 5.75 Å². The Kier molecular flexibility index (Phi) is 5.85. The average Bonchev–Trinajstić information content (AvgIpc) is 2.60. The molecule has 27 heavy (non-hydrogen) atoms. The number of nitrogens with zero attached hydrogens (tertiary/aromatic N) is 1. The van der Waals surface area contributed by atoms with E-state index in [4.69, 9.17) is 4.74 Å². The minimum Gasteiger partial charge on any atom is -0.497 e. The summed E-state index contributed by atoms with van der Waals surface area (Å²) >= 11 is 0. The minimum absolute atomic E-state index is 0.148. The Morgan fingerprint density at radius 3 is 2.19 bits per heavy atom. The predicted molar refractivity (Wildman–Crippen MR) is 107 cm³/mol. The molecule has 1 N–H and O–H groups in total. The van der Waals surface area contributed by atoms with Crippen molar-refractivity contribution >= 4 is 21.6 Å². The Balaban J connectivity index is 2.40. The maximum atomic E-state index is 13.0. The van der Waals surface area contributed by atoms with Gasteiger partial charge in [-0.25, -0.2) is 8.42 Å². The number of carbonyl (C=O) groups is 1. The van der Waals surface area contributed by atoms with Crippen LogP contribution in [-0.4, -0.2) is 34.0 Å². The number of ether oxygens (including phenoxy) is 1. The number of amides is 1. The van der Waals surface area contributed by atoms with E-state index in [1.165, 1.54) is 30.6 Å². The lowest BCUT2D eigenvalue weighted by molar-refractivity contribution is 0.0919. The van der Waals surface area contributed by atoms with E-state index in [1.54, 1.807) is 37.3 Å². The number of benzene rings is 2. The minimum atomic E-state index is -3.77. The van der Waals surface area contributed by atoms with Crippen molar-refractivity contribution in [2.45, 2.75) is 38.1 Å². The quantitative estimate of drug-likeness (QED) is 0.849. The number of methoxy groups -OCH3 is 1. The van der Waals surface area contributed by atoms with Gasteiger partial charge in [0.2, 0.25) is 0 Å². The molecule has 0 unspecified atom stereocenters. The maximum Gasteiger partial charge on any atom is 0.264 e. The van der Waals surface area contributed by atoms with Crippen molar-refractivity contribution < 1.29 is 17.9 Å². The molecule has 0 spiro atoms. The number of anilines is 1. The molecule has 7 heteroatoms. The molecular formula is C20H26N2O4S. The van der Waals surface area contributed by atoms with Gasteiger partial charge in [0.25, 0.3) is 15.9 Å². The van der Waals surface area contributed by atoms with Gasteiger partial charge in [-0.1, -0.05) is 6.07 Å². The van der Waals surface area contributed by atoms with Gasteiger partial charge < -0.3 is 10.1 Å². The fourth-order valence-electron chi connectivity index (χ4n) is 2.54. The van der Waals surface area contributed by atoms with Gasteiger partial charge in [-0.2, -0.15) is 0 Å². The average molecular weight is 391 g/mol. The van der Waals surface area contributed by atoms with Crippen LogP contribution in [-0.2, 0) is 10.0 Å². The summed E-state index contributed by atoms with van der Waals surface area (Å²) in [6, 6.07) is 11.2. The molecule has 2 rings (SSSR count). The van der Waals surface area contributed by atoms with Gasteiger partial charge >= 0.3 is 0 Å². The molecule has 0 aliphatic heterocycles. The molecule has 0 radical (unpaired) electrons. The Hall–Kier alpha value is -2.54. The van der Waals surface area contributed by atoms with Crippen LogP contribution in [0, 0.1) is 6.92 Å². The molecule has 6 nitrogen and oxygen atoms in total. The normalized spacial score (nSPS) is 11.8. The van der Waals surface area contributed by atoms with Crippen LogP contribution in [0.3, 0.4) is 0 Å². The largest absolute Gasteiger partial charge is 0.497 e. The lowest BCUT2D eigenvalue weighted by Gasteiger charge is -2.24. The van der Waals surface area contributed by atoms with Crippen LogP contribution >= 0.6 is 0 Å². The summed E-state index contributed by atoms with van der Waals surface area (Å²) in [5.41, 5.74) is 1.22. The monoisotopic (exact) mass is 390 g/mol. The molecule has 0 aliphatic carbocycles. The zero-order valence-corrected chi connectivity index (χ0v) is 17.3. The SMILES string of the molecule is COc1ccc(S(=O)(=O)N(C)c2cc(C(=O)NC(C)(C)C)ccc2C)cc1. The molecule has 0 saturated heterocycles. The topological polar surface area (TPSA) is 75.7 Å². The molecule has 0 bridgehead atoms. The van der Waals surface area contributed by atoms with Crippen LogP contribution in [0.25, 0.3) is 0 Å². The van der Waals surface area contributed by atoms with E-state index in [-0.39, 0.29) is 16.3 Å². The number of hydrogen-bond donors (Lipinski definition) is 1. The van der Waals surface area contributed by atoms with Gasteiger partial charge in [0.1, 0.15) is 5.75 Å². The first-order chi connectivity index (χ1) is 12.5. The highest BCUT2D eigenvalue weighted by molar-refractivity contribution is 7.92. The van der Waals surface area contributed by atoms with Crippen LogP contribution in [0.2, 0.25) is 0 Å². The molecule has 2 aromatic carbocycles. The number of nitrogens with one attached hydrogen (secondary N) is 1. The molecule has 0 atom stereocenters. The van der Waals surface area contributed by atoms with E-state index in [1.807, 2.05) is 20.8 Å². The van der Waals surface area contributed by atoms with E-state index < -0.39 is 10.0 Å². The highest BCUT2D eigenvalue weighted by Gasteiger charge is 2.24. The summed E-state index contributed by atoms with van der Waals surface area (Å²) in [7, 11) is -0.771. The summed E-state index contributed by atoms with van der Waals surface area (Å²) < 4.78 is 32.2. The van der Waals surface area contributed by atoms with E-state index in [9.17, 15) is 13.2 Å². The van der Waals surface area contributed by atoms with E-state index in [2.05, 4.69) is 5.32 Å². The second kappa shape index (κ2) is 7.60. The Morgan fingerprint density at radius 2 is 1.67 bits per heavy atom. The number of sulfonamides is 1. The predicted octanol–water partition coefficient (Wildman–Crippen LogP) is 3.36. The first kappa shape index (κ1) is 20.8. The molecule has 0 heterocycles. The number of hydrogen-bond acceptors (Lipinski definition) is 4. The smallest absolute Gasteiger partial charge is 0.264 e. The number of rotatable bonds is 5. The molecular weight excluding hydrogens is 364 g/mol. The molecule has 0 aliphatic rings. The molecule has 1 amide bonds. The van der Waals surface area contributed by atoms with E-state index >= 15 is 0 Å². The van der Waals surface area contributed by atoms with Gasteiger partial charge in [-0.3, -0.25) is 9.10 Å².